The molecular formula is C11H12F8O3. The number of esters is 1. The van der Waals surface area contributed by atoms with Gasteiger partial charge in [0.1, 0.15) is 0 Å². The van der Waals surface area contributed by atoms with Crippen molar-refractivity contribution in [2.45, 2.75) is 44.3 Å². The topological polar surface area (TPSA) is 35.5 Å². The van der Waals surface area contributed by atoms with Crippen molar-refractivity contribution >= 4 is 5.97 Å². The largest absolute Gasteiger partial charge is 0.462 e. The van der Waals surface area contributed by atoms with E-state index in [1.165, 1.54) is 6.92 Å². The first-order valence-corrected chi connectivity index (χ1v) is 5.69. The summed E-state index contributed by atoms with van der Waals surface area (Å²) in [5.41, 5.74) is -0.00929. The first-order chi connectivity index (χ1) is 9.72. The van der Waals surface area contributed by atoms with Crippen molar-refractivity contribution in [3.05, 3.63) is 12.2 Å². The Hall–Kier alpha value is -1.39. The van der Waals surface area contributed by atoms with Crippen molar-refractivity contribution in [2.24, 2.45) is 0 Å². The van der Waals surface area contributed by atoms with Crippen molar-refractivity contribution in [1.29, 1.82) is 0 Å². The molecule has 0 N–H and O–H groups in total. The van der Waals surface area contributed by atoms with Crippen LogP contribution in [-0.4, -0.2) is 37.1 Å². The van der Waals surface area contributed by atoms with Crippen LogP contribution in [0.4, 0.5) is 35.1 Å². The number of rotatable bonds is 7. The Bertz CT molecular complexity index is 387. The fraction of sp³-hybridized carbons (Fsp3) is 0.727. The van der Waals surface area contributed by atoms with Crippen LogP contribution in [0.15, 0.2) is 12.2 Å². The highest BCUT2D eigenvalue weighted by Crippen LogP contribution is 2.47. The molecule has 22 heavy (non-hydrogen) atoms. The fourth-order valence-corrected chi connectivity index (χ4v) is 1.06. The molecule has 0 saturated heterocycles. The second-order valence-corrected chi connectivity index (χ2v) is 4.18. The second kappa shape index (κ2) is 7.25. The normalized spacial score (nSPS) is 14.6. The Kier molecular flexibility index (Phi) is 6.79. The van der Waals surface area contributed by atoms with Crippen molar-refractivity contribution in [2.75, 3.05) is 6.61 Å². The average molecular weight is 344 g/mol. The minimum absolute atomic E-state index is 0.00929. The highest BCUT2D eigenvalue weighted by Gasteiger charge is 2.75. The summed E-state index contributed by atoms with van der Waals surface area (Å²) < 4.78 is 106. The Balaban J connectivity index is 4.53. The maximum Gasteiger partial charge on any atom is 0.458 e. The quantitative estimate of drug-likeness (QED) is 0.303. The zero-order valence-electron chi connectivity index (χ0n) is 11.2. The number of halogens is 8. The van der Waals surface area contributed by atoms with E-state index in [2.05, 4.69) is 16.1 Å². The molecule has 0 radical (unpaired) electrons. The van der Waals surface area contributed by atoms with Crippen molar-refractivity contribution in [3.63, 3.8) is 0 Å². The van der Waals surface area contributed by atoms with Gasteiger partial charge in [0.25, 0.3) is 0 Å². The number of carbonyl (C=O) groups excluding carboxylic acids is 1. The average Bonchev–Trinajstić information content (AvgIpc) is 2.31. The lowest BCUT2D eigenvalue weighted by atomic mass is 10.2. The Morgan fingerprint density at radius 3 is 1.91 bits per heavy atom. The van der Waals surface area contributed by atoms with Crippen LogP contribution >= 0.6 is 0 Å². The van der Waals surface area contributed by atoms with E-state index in [0.29, 0.717) is 0 Å². The molecule has 1 unspecified atom stereocenters. The molecule has 0 aliphatic carbocycles. The molecule has 0 bridgehead atoms. The van der Waals surface area contributed by atoms with E-state index < -0.39 is 50.0 Å². The minimum Gasteiger partial charge on any atom is -0.462 e. The molecule has 0 aromatic carbocycles. The van der Waals surface area contributed by atoms with Gasteiger partial charge in [-0.2, -0.15) is 30.7 Å². The first kappa shape index (κ1) is 20.6. The van der Waals surface area contributed by atoms with Crippen molar-refractivity contribution < 1.29 is 49.4 Å². The van der Waals surface area contributed by atoms with Crippen LogP contribution in [0.3, 0.4) is 0 Å². The summed E-state index contributed by atoms with van der Waals surface area (Å²) in [6, 6.07) is 0. The van der Waals surface area contributed by atoms with Gasteiger partial charge in [0.05, 0.1) is 6.61 Å². The lowest BCUT2D eigenvalue weighted by molar-refractivity contribution is -0.446. The van der Waals surface area contributed by atoms with Crippen LogP contribution in [0.5, 0.6) is 0 Å². The lowest BCUT2D eigenvalue weighted by Gasteiger charge is -2.30. The second-order valence-electron chi connectivity index (χ2n) is 4.18. The molecule has 3 nitrogen and oxygen atoms in total. The molecule has 0 aromatic heterocycles. The SMILES string of the molecule is C=C(C)C(=O)OCCCC(F)OC(F)(C(F)(F)F)C(F)(F)F. The van der Waals surface area contributed by atoms with E-state index in [4.69, 9.17) is 0 Å². The number of hydrogen-bond acceptors (Lipinski definition) is 3. The summed E-state index contributed by atoms with van der Waals surface area (Å²) in [6.45, 7) is 3.98. The molecule has 0 aromatic rings. The van der Waals surface area contributed by atoms with Gasteiger partial charge < -0.3 is 4.74 Å². The summed E-state index contributed by atoms with van der Waals surface area (Å²) >= 11 is 0. The molecule has 1 atom stereocenters. The summed E-state index contributed by atoms with van der Waals surface area (Å²) in [7, 11) is 0. The Labute approximate surface area is 119 Å². The van der Waals surface area contributed by atoms with Crippen molar-refractivity contribution in [3.8, 4) is 0 Å². The molecule has 0 aliphatic heterocycles. The minimum atomic E-state index is -6.50. The van der Waals surface area contributed by atoms with E-state index in [1.54, 1.807) is 0 Å². The van der Waals surface area contributed by atoms with E-state index in [-0.39, 0.29) is 5.57 Å². The Morgan fingerprint density at radius 2 is 1.55 bits per heavy atom. The molecule has 11 heteroatoms. The smallest absolute Gasteiger partial charge is 0.458 e. The zero-order valence-corrected chi connectivity index (χ0v) is 11.2. The maximum atomic E-state index is 13.0. The molecule has 0 spiro atoms. The maximum absolute atomic E-state index is 13.0. The van der Waals surface area contributed by atoms with E-state index in [9.17, 15) is 39.9 Å². The summed E-state index contributed by atoms with van der Waals surface area (Å²) in [6.07, 6.45) is -17.7. The van der Waals surface area contributed by atoms with Gasteiger partial charge in [-0.25, -0.2) is 9.18 Å². The van der Waals surface area contributed by atoms with Gasteiger partial charge in [0, 0.05) is 12.0 Å². The zero-order chi connectivity index (χ0) is 17.8. The van der Waals surface area contributed by atoms with E-state index in [1.807, 2.05) is 0 Å². The highest BCUT2D eigenvalue weighted by atomic mass is 19.4. The molecule has 0 amide bonds. The Morgan fingerprint density at radius 1 is 1.09 bits per heavy atom. The third-order valence-corrected chi connectivity index (χ3v) is 2.18. The van der Waals surface area contributed by atoms with Crippen LogP contribution in [0, 0.1) is 0 Å². The highest BCUT2D eigenvalue weighted by molar-refractivity contribution is 5.86. The van der Waals surface area contributed by atoms with Gasteiger partial charge in [-0.15, -0.1) is 0 Å². The lowest BCUT2D eigenvalue weighted by Crippen LogP contribution is -2.56. The predicted octanol–water partition coefficient (Wildman–Crippen LogP) is 3.99. The van der Waals surface area contributed by atoms with Crippen LogP contribution in [0.2, 0.25) is 0 Å². The van der Waals surface area contributed by atoms with Crippen molar-refractivity contribution in [1.82, 2.24) is 0 Å². The molecule has 0 saturated carbocycles. The first-order valence-electron chi connectivity index (χ1n) is 5.69. The molecule has 0 aliphatic rings. The van der Waals surface area contributed by atoms with Crippen LogP contribution in [0.1, 0.15) is 19.8 Å². The number of alkyl halides is 8. The molecule has 0 rings (SSSR count). The fourth-order valence-electron chi connectivity index (χ4n) is 1.06. The van der Waals surface area contributed by atoms with Gasteiger partial charge >= 0.3 is 24.2 Å². The summed E-state index contributed by atoms with van der Waals surface area (Å²) in [5, 5.41) is 0. The molecule has 130 valence electrons. The van der Waals surface area contributed by atoms with Crippen LogP contribution < -0.4 is 0 Å². The molecule has 0 fully saturated rings. The third kappa shape index (κ3) is 5.43. The van der Waals surface area contributed by atoms with E-state index in [0.717, 1.165) is 0 Å². The summed E-state index contributed by atoms with van der Waals surface area (Å²) in [5.74, 6) is -6.99. The number of ether oxygens (including phenoxy) is 2. The number of carbonyl (C=O) groups is 1. The predicted molar refractivity (Wildman–Crippen MR) is 56.9 cm³/mol. The van der Waals surface area contributed by atoms with Crippen LogP contribution in [0.25, 0.3) is 0 Å². The molecular weight excluding hydrogens is 332 g/mol. The van der Waals surface area contributed by atoms with Crippen LogP contribution in [-0.2, 0) is 14.3 Å². The van der Waals surface area contributed by atoms with Gasteiger partial charge in [-0.05, 0) is 13.3 Å². The van der Waals surface area contributed by atoms with Gasteiger partial charge in [0.15, 0.2) is 0 Å². The van der Waals surface area contributed by atoms with E-state index >= 15 is 0 Å². The molecule has 0 heterocycles. The number of hydrogen-bond donors (Lipinski definition) is 0. The standard InChI is InChI=1S/C11H12F8O3/c1-6(2)8(20)21-5-3-4-7(12)22-9(13,10(14,15)16)11(17,18)19/h7H,1,3-5H2,2H3. The van der Waals surface area contributed by atoms with Gasteiger partial charge in [-0.3, -0.25) is 4.74 Å². The third-order valence-electron chi connectivity index (χ3n) is 2.18. The van der Waals surface area contributed by atoms with Gasteiger partial charge in [-0.1, -0.05) is 6.58 Å². The van der Waals surface area contributed by atoms with Gasteiger partial charge in [0.2, 0.25) is 6.36 Å². The monoisotopic (exact) mass is 344 g/mol. The summed E-state index contributed by atoms with van der Waals surface area (Å²) in [4.78, 5) is 10.9.